The van der Waals surface area contributed by atoms with Gasteiger partial charge in [0.25, 0.3) is 0 Å². The smallest absolute Gasteiger partial charge is 0.422 e. The van der Waals surface area contributed by atoms with Gasteiger partial charge in [-0.3, -0.25) is 5.14 Å². The molecule has 0 fully saturated rings. The first-order valence-corrected chi connectivity index (χ1v) is 6.22. The molecule has 0 amide bonds. The number of nitrogens with two attached hydrogens (primary N) is 1. The van der Waals surface area contributed by atoms with E-state index in [9.17, 15) is 13.2 Å². The van der Waals surface area contributed by atoms with Crippen LogP contribution in [0.15, 0.2) is 23.1 Å². The molecule has 2 nitrogen and oxygen atoms in total. The van der Waals surface area contributed by atoms with Crippen LogP contribution in [0, 0.1) is 0 Å². The Morgan fingerprint density at radius 2 is 1.83 bits per heavy atom. The molecule has 1 aromatic carbocycles. The van der Waals surface area contributed by atoms with Crippen LogP contribution in [0.2, 0.25) is 0 Å². The summed E-state index contributed by atoms with van der Waals surface area (Å²) < 4.78 is 41.0. The third kappa shape index (κ3) is 4.42. The zero-order valence-corrected chi connectivity index (χ0v) is 11.3. The highest BCUT2D eigenvalue weighted by molar-refractivity contribution is 7.97. The zero-order chi connectivity index (χ0) is 14.0. The van der Waals surface area contributed by atoms with Crippen LogP contribution >= 0.6 is 11.9 Å². The molecule has 0 saturated carbocycles. The average molecular weight is 279 g/mol. The van der Waals surface area contributed by atoms with Crippen LogP contribution in [0.1, 0.15) is 26.3 Å². The lowest BCUT2D eigenvalue weighted by Gasteiger charge is -2.21. The predicted octanol–water partition coefficient (Wildman–Crippen LogP) is 3.89. The van der Waals surface area contributed by atoms with Crippen molar-refractivity contribution in [2.45, 2.75) is 37.3 Å². The van der Waals surface area contributed by atoms with Gasteiger partial charge in [-0.25, -0.2) is 0 Å². The van der Waals surface area contributed by atoms with E-state index >= 15 is 0 Å². The highest BCUT2D eigenvalue weighted by Gasteiger charge is 2.29. The van der Waals surface area contributed by atoms with E-state index in [-0.39, 0.29) is 11.2 Å². The normalized spacial score (nSPS) is 12.6. The van der Waals surface area contributed by atoms with Crippen molar-refractivity contribution >= 4 is 11.9 Å². The summed E-state index contributed by atoms with van der Waals surface area (Å²) in [6.07, 6.45) is -4.35. The number of ether oxygens (including phenoxy) is 1. The predicted molar refractivity (Wildman–Crippen MR) is 66.7 cm³/mol. The summed E-state index contributed by atoms with van der Waals surface area (Å²) in [6, 6.07) is 5.04. The van der Waals surface area contributed by atoms with E-state index in [2.05, 4.69) is 0 Å². The summed E-state index contributed by atoms with van der Waals surface area (Å²) in [5.74, 6) is 0.160. The van der Waals surface area contributed by atoms with E-state index < -0.39 is 12.8 Å². The molecule has 0 heterocycles. The van der Waals surface area contributed by atoms with Crippen molar-refractivity contribution in [2.75, 3.05) is 6.61 Å². The first-order chi connectivity index (χ1) is 8.13. The number of hydrogen-bond donors (Lipinski definition) is 1. The van der Waals surface area contributed by atoms with Gasteiger partial charge in [0.2, 0.25) is 0 Å². The largest absolute Gasteiger partial charge is 0.483 e. The monoisotopic (exact) mass is 279 g/mol. The standard InChI is InChI=1S/C12H16F3NOS/c1-11(2,3)8-4-5-9(10(6-8)18-16)17-7-12(13,14)15/h4-6H,7,16H2,1-3H3. The molecule has 0 aliphatic heterocycles. The lowest BCUT2D eigenvalue weighted by atomic mass is 9.87. The van der Waals surface area contributed by atoms with Crippen molar-refractivity contribution in [3.8, 4) is 5.75 Å². The first kappa shape index (κ1) is 15.2. The number of halogens is 3. The lowest BCUT2D eigenvalue weighted by molar-refractivity contribution is -0.153. The third-order valence-electron chi connectivity index (χ3n) is 2.33. The molecule has 0 unspecified atom stereocenters. The average Bonchev–Trinajstić information content (AvgIpc) is 2.23. The Kier molecular flexibility index (Phi) is 4.55. The molecule has 1 aromatic rings. The first-order valence-electron chi connectivity index (χ1n) is 5.34. The maximum Gasteiger partial charge on any atom is 0.422 e. The molecule has 0 radical (unpaired) electrons. The van der Waals surface area contributed by atoms with Crippen molar-refractivity contribution in [3.05, 3.63) is 23.8 Å². The van der Waals surface area contributed by atoms with E-state index in [1.54, 1.807) is 12.1 Å². The minimum absolute atomic E-state index is 0.0902. The number of rotatable bonds is 3. The van der Waals surface area contributed by atoms with Gasteiger partial charge in [0.1, 0.15) is 5.75 Å². The Balaban J connectivity index is 2.94. The fourth-order valence-corrected chi connectivity index (χ4v) is 1.78. The molecule has 0 atom stereocenters. The molecule has 0 aliphatic rings. The van der Waals surface area contributed by atoms with Crippen molar-refractivity contribution in [1.82, 2.24) is 0 Å². The summed E-state index contributed by atoms with van der Waals surface area (Å²) >= 11 is 0.884. The fraction of sp³-hybridized carbons (Fsp3) is 0.500. The second kappa shape index (κ2) is 5.40. The van der Waals surface area contributed by atoms with Gasteiger partial charge < -0.3 is 4.74 Å². The summed E-state index contributed by atoms with van der Waals surface area (Å²) in [4.78, 5) is 0.506. The van der Waals surface area contributed by atoms with Gasteiger partial charge in [-0.15, -0.1) is 0 Å². The van der Waals surface area contributed by atoms with Gasteiger partial charge in [-0.2, -0.15) is 13.2 Å². The van der Waals surface area contributed by atoms with Gasteiger partial charge in [-0.05, 0) is 35.1 Å². The van der Waals surface area contributed by atoms with Crippen LogP contribution in [0.3, 0.4) is 0 Å². The maximum atomic E-state index is 12.1. The highest BCUT2D eigenvalue weighted by atomic mass is 32.2. The number of hydrogen-bond acceptors (Lipinski definition) is 3. The Labute approximate surface area is 109 Å². The van der Waals surface area contributed by atoms with Crippen molar-refractivity contribution < 1.29 is 17.9 Å². The Morgan fingerprint density at radius 3 is 2.28 bits per heavy atom. The molecule has 18 heavy (non-hydrogen) atoms. The summed E-state index contributed by atoms with van der Waals surface area (Å²) in [5.41, 5.74) is 0.905. The molecule has 0 aromatic heterocycles. The topological polar surface area (TPSA) is 35.2 Å². The second-order valence-corrected chi connectivity index (χ2v) is 5.61. The Morgan fingerprint density at radius 1 is 1.22 bits per heavy atom. The van der Waals surface area contributed by atoms with Crippen LogP contribution in [0.5, 0.6) is 5.75 Å². The van der Waals surface area contributed by atoms with Crippen LogP contribution in [0.4, 0.5) is 13.2 Å². The van der Waals surface area contributed by atoms with Crippen molar-refractivity contribution in [2.24, 2.45) is 5.14 Å². The van der Waals surface area contributed by atoms with Crippen molar-refractivity contribution in [3.63, 3.8) is 0 Å². The van der Waals surface area contributed by atoms with Crippen LogP contribution in [-0.4, -0.2) is 12.8 Å². The molecular weight excluding hydrogens is 263 g/mol. The summed E-state index contributed by atoms with van der Waals surface area (Å²) in [7, 11) is 0. The minimum atomic E-state index is -4.35. The summed E-state index contributed by atoms with van der Waals surface area (Å²) in [5, 5.41) is 5.46. The maximum absolute atomic E-state index is 12.1. The van der Waals surface area contributed by atoms with Gasteiger partial charge in [0, 0.05) is 0 Å². The van der Waals surface area contributed by atoms with Gasteiger partial charge in [-0.1, -0.05) is 26.8 Å². The van der Waals surface area contributed by atoms with Crippen LogP contribution < -0.4 is 9.88 Å². The van der Waals surface area contributed by atoms with E-state index in [0.29, 0.717) is 4.90 Å². The number of benzene rings is 1. The molecular formula is C12H16F3NOS. The van der Waals surface area contributed by atoms with E-state index in [4.69, 9.17) is 9.88 Å². The van der Waals surface area contributed by atoms with Crippen LogP contribution in [0.25, 0.3) is 0 Å². The van der Waals surface area contributed by atoms with E-state index in [1.807, 2.05) is 20.8 Å². The van der Waals surface area contributed by atoms with E-state index in [0.717, 1.165) is 17.5 Å². The second-order valence-electron chi connectivity index (χ2n) is 4.93. The molecule has 1 rings (SSSR count). The van der Waals surface area contributed by atoms with Gasteiger partial charge in [0.05, 0.1) is 4.90 Å². The molecule has 2 N–H and O–H groups in total. The Hall–Kier alpha value is -0.880. The lowest BCUT2D eigenvalue weighted by Crippen LogP contribution is -2.19. The molecule has 0 aliphatic carbocycles. The molecule has 0 spiro atoms. The quantitative estimate of drug-likeness (QED) is 0.852. The van der Waals surface area contributed by atoms with Gasteiger partial charge >= 0.3 is 6.18 Å². The van der Waals surface area contributed by atoms with Gasteiger partial charge in [0.15, 0.2) is 6.61 Å². The SMILES string of the molecule is CC(C)(C)c1ccc(OCC(F)(F)F)c(SN)c1. The fourth-order valence-electron chi connectivity index (χ4n) is 1.35. The van der Waals surface area contributed by atoms with Crippen LogP contribution in [-0.2, 0) is 5.41 Å². The molecule has 0 saturated heterocycles. The van der Waals surface area contributed by atoms with Crippen molar-refractivity contribution in [1.29, 1.82) is 0 Å². The molecule has 102 valence electrons. The minimum Gasteiger partial charge on any atom is -0.483 e. The van der Waals surface area contributed by atoms with E-state index in [1.165, 1.54) is 6.07 Å². The highest BCUT2D eigenvalue weighted by Crippen LogP contribution is 2.33. The third-order valence-corrected chi connectivity index (χ3v) is 2.90. The molecule has 0 bridgehead atoms. The number of alkyl halides is 3. The zero-order valence-electron chi connectivity index (χ0n) is 10.5. The molecule has 6 heteroatoms. The Bertz CT molecular complexity index is 413. The summed E-state index contributed by atoms with van der Waals surface area (Å²) in [6.45, 7) is 4.74.